The molecule has 0 saturated heterocycles. The Morgan fingerprint density at radius 3 is 2.46 bits per heavy atom. The Labute approximate surface area is 177 Å². The molecule has 1 N–H and O–H groups in total. The molecule has 0 amide bonds. The molecule has 1 aromatic heterocycles. The maximum Gasteiger partial charge on any atom is 0.173 e. The number of hydrogen-bond donors (Lipinski definition) is 1. The second-order valence-electron chi connectivity index (χ2n) is 6.63. The van der Waals surface area contributed by atoms with Crippen molar-refractivity contribution in [3.05, 3.63) is 82.6 Å². The summed E-state index contributed by atoms with van der Waals surface area (Å²) in [6.45, 7) is 5.65. The van der Waals surface area contributed by atoms with E-state index in [1.54, 1.807) is 11.3 Å². The zero-order valence-corrected chi connectivity index (χ0v) is 17.9. The summed E-state index contributed by atoms with van der Waals surface area (Å²) in [5.74, 6) is 0.867. The Morgan fingerprint density at radius 2 is 1.82 bits per heavy atom. The van der Waals surface area contributed by atoms with Crippen molar-refractivity contribution in [1.82, 2.24) is 4.90 Å². The third-order valence-corrected chi connectivity index (χ3v) is 5.72. The molecule has 28 heavy (non-hydrogen) atoms. The lowest BCUT2D eigenvalue weighted by Gasteiger charge is -2.32. The second-order valence-corrected chi connectivity index (χ2v) is 8.05. The Kier molecular flexibility index (Phi) is 7.46. The summed E-state index contributed by atoms with van der Waals surface area (Å²) in [5, 5.41) is 6.26. The Balaban J connectivity index is 1.73. The number of benzene rings is 2. The fraction of sp³-hybridized carbons (Fsp3) is 0.261. The molecule has 0 radical (unpaired) electrons. The maximum atomic E-state index is 5.80. The topological polar surface area (TPSA) is 24.5 Å². The van der Waals surface area contributed by atoms with Crippen molar-refractivity contribution in [3.8, 4) is 5.75 Å². The van der Waals surface area contributed by atoms with Crippen LogP contribution in [0.25, 0.3) is 0 Å². The predicted molar refractivity (Wildman–Crippen MR) is 123 cm³/mol. The van der Waals surface area contributed by atoms with Gasteiger partial charge in [-0.2, -0.15) is 0 Å². The number of rotatable bonds is 8. The van der Waals surface area contributed by atoms with Crippen LogP contribution in [0.1, 0.15) is 24.3 Å². The van der Waals surface area contributed by atoms with Crippen molar-refractivity contribution < 1.29 is 4.74 Å². The molecule has 0 spiro atoms. The van der Waals surface area contributed by atoms with Crippen LogP contribution in [-0.2, 0) is 13.0 Å². The Morgan fingerprint density at radius 1 is 1.07 bits per heavy atom. The van der Waals surface area contributed by atoms with Gasteiger partial charge in [0.1, 0.15) is 5.75 Å². The van der Waals surface area contributed by atoms with Gasteiger partial charge in [0.2, 0.25) is 0 Å². The van der Waals surface area contributed by atoms with E-state index in [0.717, 1.165) is 29.5 Å². The summed E-state index contributed by atoms with van der Waals surface area (Å²) in [7, 11) is 0. The highest BCUT2D eigenvalue weighted by molar-refractivity contribution is 7.80. The molecule has 0 fully saturated rings. The first kappa shape index (κ1) is 20.4. The molecular formula is C23H26N2OS2. The average molecular weight is 411 g/mol. The number of nitrogens with one attached hydrogen (secondary N) is 1. The second kappa shape index (κ2) is 10.2. The summed E-state index contributed by atoms with van der Waals surface area (Å²) < 4.78 is 5.52. The fourth-order valence-corrected chi connectivity index (χ4v) is 4.22. The molecule has 0 aliphatic rings. The van der Waals surface area contributed by atoms with Crippen LogP contribution in [0.2, 0.25) is 0 Å². The molecule has 1 atom stereocenters. The van der Waals surface area contributed by atoms with Gasteiger partial charge in [-0.05, 0) is 67.3 Å². The first-order valence-electron chi connectivity index (χ1n) is 9.52. The van der Waals surface area contributed by atoms with E-state index in [2.05, 4.69) is 58.9 Å². The van der Waals surface area contributed by atoms with Gasteiger partial charge in [-0.25, -0.2) is 0 Å². The van der Waals surface area contributed by atoms with Gasteiger partial charge >= 0.3 is 0 Å². The zero-order chi connectivity index (χ0) is 19.8. The average Bonchev–Trinajstić information content (AvgIpc) is 3.21. The number of nitrogens with zero attached hydrogens (tertiary/aromatic N) is 1. The first-order valence-corrected chi connectivity index (χ1v) is 10.8. The van der Waals surface area contributed by atoms with Gasteiger partial charge in [-0.3, -0.25) is 0 Å². The molecule has 0 aliphatic carbocycles. The van der Waals surface area contributed by atoms with Crippen LogP contribution in [0.15, 0.2) is 72.1 Å². The van der Waals surface area contributed by atoms with Crippen LogP contribution < -0.4 is 10.1 Å². The third kappa shape index (κ3) is 5.81. The van der Waals surface area contributed by atoms with E-state index >= 15 is 0 Å². The molecule has 5 heteroatoms. The van der Waals surface area contributed by atoms with Crippen molar-refractivity contribution in [2.75, 3.05) is 11.9 Å². The number of hydrogen-bond acceptors (Lipinski definition) is 3. The lowest BCUT2D eigenvalue weighted by atomic mass is 10.1. The van der Waals surface area contributed by atoms with E-state index < -0.39 is 0 Å². The number of anilines is 1. The molecule has 3 nitrogen and oxygen atoms in total. The van der Waals surface area contributed by atoms with E-state index in [1.165, 1.54) is 10.4 Å². The minimum Gasteiger partial charge on any atom is -0.494 e. The molecule has 0 unspecified atom stereocenters. The van der Waals surface area contributed by atoms with Crippen LogP contribution in [0.3, 0.4) is 0 Å². The Hall–Kier alpha value is -2.37. The molecular weight excluding hydrogens is 384 g/mol. The van der Waals surface area contributed by atoms with Crippen molar-refractivity contribution in [3.63, 3.8) is 0 Å². The van der Waals surface area contributed by atoms with Crippen molar-refractivity contribution in [2.24, 2.45) is 0 Å². The molecule has 1 heterocycles. The van der Waals surface area contributed by atoms with Crippen molar-refractivity contribution >= 4 is 34.4 Å². The highest BCUT2D eigenvalue weighted by Crippen LogP contribution is 2.20. The van der Waals surface area contributed by atoms with Crippen LogP contribution in [0.4, 0.5) is 5.69 Å². The summed E-state index contributed by atoms with van der Waals surface area (Å²) in [5.41, 5.74) is 2.21. The van der Waals surface area contributed by atoms with Gasteiger partial charge in [0, 0.05) is 29.6 Å². The molecule has 2 aromatic carbocycles. The third-order valence-electron chi connectivity index (χ3n) is 4.48. The lowest BCUT2D eigenvalue weighted by molar-refractivity contribution is 0.326. The standard InChI is InChI=1S/C23H26N2OS2/c1-3-26-21-13-11-20(12-14-21)24-23(27)25(17-19-8-5-4-6-9-19)18(2)16-22-10-7-15-28-22/h4-15,18H,3,16-17H2,1-2H3,(H,24,27)/t18-/m0/s1. The van der Waals surface area contributed by atoms with Gasteiger partial charge in [0.25, 0.3) is 0 Å². The summed E-state index contributed by atoms with van der Waals surface area (Å²) in [6.07, 6.45) is 0.968. The highest BCUT2D eigenvalue weighted by atomic mass is 32.1. The Bertz CT molecular complexity index is 848. The van der Waals surface area contributed by atoms with E-state index in [4.69, 9.17) is 17.0 Å². The van der Waals surface area contributed by atoms with E-state index in [-0.39, 0.29) is 6.04 Å². The van der Waals surface area contributed by atoms with Gasteiger partial charge in [-0.15, -0.1) is 11.3 Å². The maximum absolute atomic E-state index is 5.80. The number of ether oxygens (including phenoxy) is 1. The highest BCUT2D eigenvalue weighted by Gasteiger charge is 2.19. The van der Waals surface area contributed by atoms with Gasteiger partial charge in [0.05, 0.1) is 6.61 Å². The van der Waals surface area contributed by atoms with Crippen molar-refractivity contribution in [1.29, 1.82) is 0 Å². The minimum absolute atomic E-state index is 0.279. The van der Waals surface area contributed by atoms with Crippen LogP contribution in [0, 0.1) is 0 Å². The normalized spacial score (nSPS) is 11.6. The number of thiophene rings is 1. The van der Waals surface area contributed by atoms with Gasteiger partial charge in [-0.1, -0.05) is 36.4 Å². The quantitative estimate of drug-likeness (QED) is 0.462. The molecule has 0 bridgehead atoms. The minimum atomic E-state index is 0.279. The van der Waals surface area contributed by atoms with E-state index in [1.807, 2.05) is 37.3 Å². The molecule has 0 saturated carbocycles. The molecule has 3 rings (SSSR count). The fourth-order valence-electron chi connectivity index (χ4n) is 3.03. The van der Waals surface area contributed by atoms with Gasteiger partial charge in [0.15, 0.2) is 5.11 Å². The zero-order valence-electron chi connectivity index (χ0n) is 16.3. The van der Waals surface area contributed by atoms with Crippen LogP contribution in [0.5, 0.6) is 5.75 Å². The lowest BCUT2D eigenvalue weighted by Crippen LogP contribution is -2.41. The van der Waals surface area contributed by atoms with Crippen LogP contribution in [-0.4, -0.2) is 22.7 Å². The molecule has 0 aliphatic heterocycles. The molecule has 3 aromatic rings. The summed E-state index contributed by atoms with van der Waals surface area (Å²) in [4.78, 5) is 3.63. The van der Waals surface area contributed by atoms with Crippen molar-refractivity contribution in [2.45, 2.75) is 32.9 Å². The monoisotopic (exact) mass is 410 g/mol. The summed E-state index contributed by atoms with van der Waals surface area (Å²) >= 11 is 7.59. The largest absolute Gasteiger partial charge is 0.494 e. The summed E-state index contributed by atoms with van der Waals surface area (Å²) in [6, 6.07) is 23.0. The predicted octanol–water partition coefficient (Wildman–Crippen LogP) is 5.98. The van der Waals surface area contributed by atoms with Gasteiger partial charge < -0.3 is 15.0 Å². The smallest absolute Gasteiger partial charge is 0.173 e. The van der Waals surface area contributed by atoms with Crippen LogP contribution >= 0.6 is 23.6 Å². The van der Waals surface area contributed by atoms with E-state index in [9.17, 15) is 0 Å². The SMILES string of the molecule is CCOc1ccc(NC(=S)N(Cc2ccccc2)[C@@H](C)Cc2cccs2)cc1. The first-order chi connectivity index (χ1) is 13.7. The molecule has 146 valence electrons. The van der Waals surface area contributed by atoms with E-state index in [0.29, 0.717) is 6.61 Å². The number of thiocarbonyl (C=S) groups is 1.